The second-order valence-corrected chi connectivity index (χ2v) is 15.9. The van der Waals surface area contributed by atoms with Gasteiger partial charge in [-0.05, 0) is 81.5 Å². The number of rotatable bonds is 11. The van der Waals surface area contributed by atoms with Gasteiger partial charge in [-0.15, -0.1) is 6.58 Å². The number of hydrogen-bond donors (Lipinski definition) is 1. The molecular formula is C36H42F2N6O4S. The van der Waals surface area contributed by atoms with Crippen molar-refractivity contribution in [3.05, 3.63) is 72.1 Å². The van der Waals surface area contributed by atoms with Crippen LogP contribution in [0.25, 0.3) is 22.0 Å². The minimum absolute atomic E-state index is 0.0441. The topological polar surface area (TPSA) is 117 Å². The summed E-state index contributed by atoms with van der Waals surface area (Å²) in [5.41, 5.74) is 3.98. The number of halogens is 2. The van der Waals surface area contributed by atoms with Gasteiger partial charge in [-0.25, -0.2) is 31.1 Å². The number of carbonyl (C=O) groups excluding carboxylic acids is 2. The average Bonchev–Trinajstić information content (AvgIpc) is 3.76. The molecule has 1 saturated heterocycles. The van der Waals surface area contributed by atoms with Crippen LogP contribution in [-0.2, 0) is 14.8 Å². The number of pyridine rings is 1. The summed E-state index contributed by atoms with van der Waals surface area (Å²) in [7, 11) is -3.85. The van der Waals surface area contributed by atoms with Gasteiger partial charge >= 0.3 is 0 Å². The number of aromatic nitrogens is 2. The van der Waals surface area contributed by atoms with Crippen molar-refractivity contribution in [3.63, 3.8) is 0 Å². The Kier molecular flexibility index (Phi) is 9.12. The van der Waals surface area contributed by atoms with Gasteiger partial charge in [0.15, 0.2) is 0 Å². The monoisotopic (exact) mass is 692 g/mol. The van der Waals surface area contributed by atoms with E-state index >= 15 is 0 Å². The highest BCUT2D eigenvalue weighted by Crippen LogP contribution is 2.49. The highest BCUT2D eigenvalue weighted by atomic mass is 32.2. The number of hydrogen-bond acceptors (Lipinski definition) is 7. The van der Waals surface area contributed by atoms with Crippen LogP contribution in [0.15, 0.2) is 66.0 Å². The third-order valence-corrected chi connectivity index (χ3v) is 12.2. The first-order valence-corrected chi connectivity index (χ1v) is 18.0. The Bertz CT molecular complexity index is 1980. The fraction of sp³-hybridized carbons (Fsp3) is 0.444. The second-order valence-electron chi connectivity index (χ2n) is 13.7. The molecule has 49 heavy (non-hydrogen) atoms. The normalized spacial score (nSPS) is 19.8. The number of alkyl halides is 2. The van der Waals surface area contributed by atoms with Crippen molar-refractivity contribution in [2.24, 2.45) is 10.9 Å². The Morgan fingerprint density at radius 3 is 2.43 bits per heavy atom. The van der Waals surface area contributed by atoms with Crippen LogP contribution in [0.2, 0.25) is 0 Å². The van der Waals surface area contributed by atoms with Crippen molar-refractivity contribution >= 4 is 44.3 Å². The van der Waals surface area contributed by atoms with E-state index in [1.165, 1.54) is 3.97 Å². The lowest BCUT2D eigenvalue weighted by Crippen LogP contribution is -2.49. The quantitative estimate of drug-likeness (QED) is 0.269. The molecule has 2 fully saturated rings. The number of aryl methyl sites for hydroxylation is 1. The minimum Gasteiger partial charge on any atom is -0.354 e. The zero-order valence-electron chi connectivity index (χ0n) is 28.3. The average molecular weight is 693 g/mol. The molecule has 1 aromatic carbocycles. The molecular weight excluding hydrogens is 650 g/mol. The van der Waals surface area contributed by atoms with Crippen LogP contribution in [-0.4, -0.2) is 89.7 Å². The number of anilines is 1. The molecule has 13 heteroatoms. The Hall–Kier alpha value is -4.23. The number of allylic oxidation sites excluding steroid dienone is 2. The van der Waals surface area contributed by atoms with Crippen molar-refractivity contribution in [2.45, 2.75) is 57.6 Å². The van der Waals surface area contributed by atoms with Gasteiger partial charge in [-0.2, -0.15) is 0 Å². The van der Waals surface area contributed by atoms with Crippen LogP contribution < -0.4 is 10.2 Å². The van der Waals surface area contributed by atoms with E-state index in [2.05, 4.69) is 21.9 Å². The van der Waals surface area contributed by atoms with E-state index in [9.17, 15) is 26.8 Å². The standard InChI is InChI=1S/C36H42F2N6O4S/c1-6-9-36(10-11-36)49(47,48)44-21-24(3)32-28(33(45)40-20-29-23(2)16-25(4)41-34(29)46)17-27(18-30(32)44)26-7-8-31(39-19-26)43-14-12-42(13-15-43)22-35(5,37)38/h6-8,16-19,21,29H,1,9-15,20,22H2,2-5H3,(H,40,45). The summed E-state index contributed by atoms with van der Waals surface area (Å²) < 4.78 is 55.6. The first-order chi connectivity index (χ1) is 23.1. The van der Waals surface area contributed by atoms with Gasteiger partial charge in [0.25, 0.3) is 17.7 Å². The van der Waals surface area contributed by atoms with Crippen LogP contribution in [0.4, 0.5) is 14.6 Å². The van der Waals surface area contributed by atoms with E-state index in [0.29, 0.717) is 84.6 Å². The smallest absolute Gasteiger partial charge is 0.257 e. The number of carbonyl (C=O) groups is 2. The van der Waals surface area contributed by atoms with Crippen LogP contribution in [0.1, 0.15) is 56.0 Å². The molecule has 0 radical (unpaired) electrons. The van der Waals surface area contributed by atoms with E-state index < -0.39 is 32.5 Å². The lowest BCUT2D eigenvalue weighted by Gasteiger charge is -2.36. The van der Waals surface area contributed by atoms with Crippen LogP contribution in [0, 0.1) is 12.8 Å². The van der Waals surface area contributed by atoms with E-state index in [1.54, 1.807) is 49.3 Å². The summed E-state index contributed by atoms with van der Waals surface area (Å²) in [6.45, 7) is 11.9. The molecule has 4 heterocycles. The van der Waals surface area contributed by atoms with E-state index in [0.717, 1.165) is 12.5 Å². The third kappa shape index (κ3) is 6.83. The van der Waals surface area contributed by atoms with E-state index in [-0.39, 0.29) is 24.6 Å². The Balaban J connectivity index is 1.35. The summed E-state index contributed by atoms with van der Waals surface area (Å²) >= 11 is 0. The van der Waals surface area contributed by atoms with E-state index in [4.69, 9.17) is 0 Å². The first kappa shape index (κ1) is 34.6. The maximum atomic E-state index is 14.1. The number of dihydropyridines is 1. The maximum Gasteiger partial charge on any atom is 0.257 e. The number of nitrogens with one attached hydrogen (secondary N) is 1. The first-order valence-electron chi connectivity index (χ1n) is 16.5. The van der Waals surface area contributed by atoms with Gasteiger partial charge in [0.1, 0.15) is 5.82 Å². The fourth-order valence-corrected chi connectivity index (χ4v) is 9.03. The summed E-state index contributed by atoms with van der Waals surface area (Å²) in [4.78, 5) is 39.1. The molecule has 3 aliphatic rings. The Morgan fingerprint density at radius 1 is 1.12 bits per heavy atom. The number of amides is 2. The van der Waals surface area contributed by atoms with Crippen molar-refractivity contribution in [1.82, 2.24) is 19.2 Å². The third-order valence-electron chi connectivity index (χ3n) is 9.75. The Morgan fingerprint density at radius 2 is 1.84 bits per heavy atom. The molecule has 0 spiro atoms. The molecule has 1 atom stereocenters. The maximum absolute atomic E-state index is 14.1. The molecule has 2 aromatic heterocycles. The zero-order chi connectivity index (χ0) is 35.3. The lowest BCUT2D eigenvalue weighted by molar-refractivity contribution is -0.120. The van der Waals surface area contributed by atoms with Crippen LogP contribution in [0.5, 0.6) is 0 Å². The summed E-state index contributed by atoms with van der Waals surface area (Å²) in [5.74, 6) is -3.41. The van der Waals surface area contributed by atoms with Crippen LogP contribution >= 0.6 is 0 Å². The molecule has 1 saturated carbocycles. The summed E-state index contributed by atoms with van der Waals surface area (Å²) in [6.07, 6.45) is 8.09. The number of fused-ring (bicyclic) bond motifs is 1. The largest absolute Gasteiger partial charge is 0.354 e. The predicted octanol–water partition coefficient (Wildman–Crippen LogP) is 5.37. The van der Waals surface area contributed by atoms with E-state index in [1.807, 2.05) is 30.0 Å². The van der Waals surface area contributed by atoms with Gasteiger partial charge in [0, 0.05) is 74.3 Å². The van der Waals surface area contributed by atoms with Crippen molar-refractivity contribution in [3.8, 4) is 11.1 Å². The minimum atomic E-state index is -3.85. The molecule has 0 bridgehead atoms. The number of nitrogens with zero attached hydrogens (tertiary/aromatic N) is 5. The molecule has 3 aromatic rings. The lowest BCUT2D eigenvalue weighted by atomic mass is 9.95. The van der Waals surface area contributed by atoms with Crippen molar-refractivity contribution in [1.29, 1.82) is 0 Å². The summed E-state index contributed by atoms with van der Waals surface area (Å²) in [6, 6.07) is 7.21. The SMILES string of the molecule is C=CCC1(S(=O)(=O)n2cc(C)c3c(C(=O)NCC4C(=O)N=C(C)C=C4C)cc(-c4ccc(N5CCN(CC(C)(F)F)CC5)nc4)cc32)CC1. The number of benzene rings is 1. The number of piperazine rings is 1. The molecule has 1 unspecified atom stereocenters. The molecule has 1 N–H and O–H groups in total. The zero-order valence-corrected chi connectivity index (χ0v) is 29.1. The highest BCUT2D eigenvalue weighted by molar-refractivity contribution is 7.91. The van der Waals surface area contributed by atoms with Gasteiger partial charge in [0.05, 0.1) is 22.7 Å². The van der Waals surface area contributed by atoms with Gasteiger partial charge in [-0.3, -0.25) is 14.5 Å². The fourth-order valence-electron chi connectivity index (χ4n) is 6.97. The second kappa shape index (κ2) is 12.9. The predicted molar refractivity (Wildman–Crippen MR) is 188 cm³/mol. The molecule has 2 amide bonds. The van der Waals surface area contributed by atoms with Crippen molar-refractivity contribution < 1.29 is 26.8 Å². The molecule has 10 nitrogen and oxygen atoms in total. The summed E-state index contributed by atoms with van der Waals surface area (Å²) in [5, 5.41) is 3.42. The molecule has 260 valence electrons. The molecule has 6 rings (SSSR count). The molecule has 2 aliphatic heterocycles. The highest BCUT2D eigenvalue weighted by Gasteiger charge is 2.54. The van der Waals surface area contributed by atoms with Crippen molar-refractivity contribution in [2.75, 3.05) is 44.2 Å². The van der Waals surface area contributed by atoms with Gasteiger partial charge in [0.2, 0.25) is 10.0 Å². The Labute approximate surface area is 285 Å². The number of aliphatic imine (C=N–C) groups is 1. The molecule has 1 aliphatic carbocycles. The van der Waals surface area contributed by atoms with Gasteiger partial charge < -0.3 is 10.2 Å². The van der Waals surface area contributed by atoms with Crippen LogP contribution in [0.3, 0.4) is 0 Å². The van der Waals surface area contributed by atoms with Gasteiger partial charge in [-0.1, -0.05) is 11.6 Å².